The summed E-state index contributed by atoms with van der Waals surface area (Å²) in [4.78, 5) is 7.72. The zero-order valence-electron chi connectivity index (χ0n) is 19.1. The molecule has 0 spiro atoms. The molecule has 2 heterocycles. The van der Waals surface area contributed by atoms with Crippen molar-refractivity contribution in [3.05, 3.63) is 133 Å². The third-order valence-electron chi connectivity index (χ3n) is 6.84. The third kappa shape index (κ3) is 3.11. The highest BCUT2D eigenvalue weighted by atomic mass is 15.2. The summed E-state index contributed by atoms with van der Waals surface area (Å²) in [5, 5.41) is 0. The van der Waals surface area contributed by atoms with Gasteiger partial charge in [-0.3, -0.25) is 0 Å². The predicted octanol–water partition coefficient (Wildman–Crippen LogP) is 5.95. The molecule has 4 heteroatoms. The van der Waals surface area contributed by atoms with Crippen LogP contribution >= 0.6 is 0 Å². The number of fused-ring (bicyclic) bond motifs is 7. The largest absolute Gasteiger partial charge is 0.374 e. The van der Waals surface area contributed by atoms with Gasteiger partial charge in [-0.05, 0) is 41.9 Å². The summed E-state index contributed by atoms with van der Waals surface area (Å²) < 4.78 is 2.36. The van der Waals surface area contributed by atoms with Crippen molar-refractivity contribution in [3.8, 4) is 16.8 Å². The Morgan fingerprint density at radius 1 is 0.514 bits per heavy atom. The van der Waals surface area contributed by atoms with Crippen LogP contribution in [0.25, 0.3) is 27.8 Å². The molecule has 0 saturated carbocycles. The van der Waals surface area contributed by atoms with Crippen LogP contribution in [0.5, 0.6) is 0 Å². The molecule has 0 saturated heterocycles. The predicted molar refractivity (Wildman–Crippen MR) is 147 cm³/mol. The van der Waals surface area contributed by atoms with E-state index in [1.807, 2.05) is 0 Å². The fourth-order valence-electron chi connectivity index (χ4n) is 5.35. The molecule has 6 aromatic rings. The monoisotopic (exact) mass is 447 g/mol. The second-order valence-electron chi connectivity index (χ2n) is 8.85. The van der Waals surface area contributed by atoms with E-state index in [-0.39, 0.29) is 6.85 Å². The molecule has 1 aliphatic rings. The number of benzene rings is 5. The second kappa shape index (κ2) is 8.03. The zero-order chi connectivity index (χ0) is 23.2. The molecule has 0 bridgehead atoms. The van der Waals surface area contributed by atoms with Gasteiger partial charge >= 0.3 is 6.85 Å². The molecule has 0 radical (unpaired) electrons. The van der Waals surface area contributed by atoms with Crippen molar-refractivity contribution in [2.24, 2.45) is 0 Å². The van der Waals surface area contributed by atoms with Crippen LogP contribution in [0.4, 0.5) is 11.4 Å². The Balaban J connectivity index is 1.68. The highest BCUT2D eigenvalue weighted by molar-refractivity contribution is 6.88. The number of nitrogens with zero attached hydrogens (tertiary/aromatic N) is 3. The zero-order valence-corrected chi connectivity index (χ0v) is 19.1. The van der Waals surface area contributed by atoms with E-state index < -0.39 is 0 Å². The van der Waals surface area contributed by atoms with Gasteiger partial charge in [0.15, 0.2) is 0 Å². The van der Waals surface area contributed by atoms with E-state index in [0.29, 0.717) is 0 Å². The first kappa shape index (κ1) is 19.9. The number of hydrogen-bond donors (Lipinski definition) is 0. The first-order valence-corrected chi connectivity index (χ1v) is 12.0. The van der Waals surface area contributed by atoms with Crippen molar-refractivity contribution < 1.29 is 0 Å². The number of imidazole rings is 1. The topological polar surface area (TPSA) is 21.1 Å². The summed E-state index contributed by atoms with van der Waals surface area (Å²) in [6.45, 7) is -0.125. The van der Waals surface area contributed by atoms with Crippen molar-refractivity contribution in [1.82, 2.24) is 9.55 Å². The maximum atomic E-state index is 5.28. The second-order valence-corrected chi connectivity index (χ2v) is 8.85. The fraction of sp³-hybridized carbons (Fsp3) is 0. The molecule has 7 rings (SSSR count). The van der Waals surface area contributed by atoms with Crippen molar-refractivity contribution >= 4 is 40.4 Å². The smallest absolute Gasteiger partial charge is 0.370 e. The van der Waals surface area contributed by atoms with E-state index in [4.69, 9.17) is 4.98 Å². The van der Waals surface area contributed by atoms with E-state index in [0.717, 1.165) is 28.1 Å². The Kier molecular flexibility index (Phi) is 4.56. The lowest BCUT2D eigenvalue weighted by Crippen LogP contribution is -2.58. The standard InChI is InChI=1S/C31H22BN3/c1-3-13-23(14-4-1)32-31-33-27-19-9-12-22-30(27)34(31)28-20-10-7-17-25(28)26-18-8-11-21-29(26)35(32)24-15-5-2-6-16-24/h1-22H. The average molecular weight is 447 g/mol. The van der Waals surface area contributed by atoms with E-state index in [1.165, 1.54) is 22.3 Å². The number of rotatable bonds is 2. The molecule has 5 aromatic carbocycles. The van der Waals surface area contributed by atoms with Crippen LogP contribution in [-0.4, -0.2) is 16.4 Å². The number of anilines is 2. The van der Waals surface area contributed by atoms with Crippen molar-refractivity contribution in [3.63, 3.8) is 0 Å². The van der Waals surface area contributed by atoms with E-state index in [2.05, 4.69) is 143 Å². The Morgan fingerprint density at radius 3 is 1.86 bits per heavy atom. The normalized spacial score (nSPS) is 12.5. The molecule has 0 amide bonds. The molecular weight excluding hydrogens is 425 g/mol. The molecular formula is C31H22BN3. The van der Waals surface area contributed by atoms with Crippen LogP contribution in [0.15, 0.2) is 133 Å². The molecule has 164 valence electrons. The van der Waals surface area contributed by atoms with Gasteiger partial charge in [0.2, 0.25) is 0 Å². The van der Waals surface area contributed by atoms with Gasteiger partial charge in [-0.2, -0.15) is 0 Å². The first-order valence-electron chi connectivity index (χ1n) is 12.0. The van der Waals surface area contributed by atoms with Crippen molar-refractivity contribution in [2.75, 3.05) is 4.81 Å². The van der Waals surface area contributed by atoms with E-state index in [9.17, 15) is 0 Å². The minimum atomic E-state index is -0.125. The molecule has 0 atom stereocenters. The van der Waals surface area contributed by atoms with Crippen molar-refractivity contribution in [2.45, 2.75) is 0 Å². The van der Waals surface area contributed by atoms with Crippen LogP contribution in [0.1, 0.15) is 0 Å². The molecule has 0 N–H and O–H groups in total. The van der Waals surface area contributed by atoms with Gasteiger partial charge in [-0.25, -0.2) is 4.98 Å². The van der Waals surface area contributed by atoms with Gasteiger partial charge < -0.3 is 9.38 Å². The molecule has 0 unspecified atom stereocenters. The lowest BCUT2D eigenvalue weighted by molar-refractivity contribution is 1.13. The molecule has 1 aliphatic heterocycles. The highest BCUT2D eigenvalue weighted by Crippen LogP contribution is 2.40. The number of para-hydroxylation sites is 5. The minimum absolute atomic E-state index is 0.125. The van der Waals surface area contributed by atoms with Gasteiger partial charge in [0.25, 0.3) is 0 Å². The maximum absolute atomic E-state index is 5.28. The Morgan fingerprint density at radius 2 is 1.09 bits per heavy atom. The SMILES string of the molecule is c1ccc(B2c3nc4ccccc4n3-c3ccccc3-c3ccccc3N2c2ccccc2)cc1. The molecule has 0 fully saturated rings. The lowest BCUT2D eigenvalue weighted by Gasteiger charge is -2.36. The maximum Gasteiger partial charge on any atom is 0.370 e. The summed E-state index contributed by atoms with van der Waals surface area (Å²) in [7, 11) is 0. The Bertz CT molecular complexity index is 1660. The van der Waals surface area contributed by atoms with Gasteiger partial charge in [0, 0.05) is 22.5 Å². The summed E-state index contributed by atoms with van der Waals surface area (Å²) >= 11 is 0. The molecule has 35 heavy (non-hydrogen) atoms. The van der Waals surface area contributed by atoms with Gasteiger partial charge in [0.1, 0.15) is 5.72 Å². The average Bonchev–Trinajstić information content (AvgIpc) is 3.30. The molecule has 1 aromatic heterocycles. The summed E-state index contributed by atoms with van der Waals surface area (Å²) in [5.41, 5.74) is 10.2. The Hall–Kier alpha value is -4.57. The Labute approximate surface area is 205 Å². The van der Waals surface area contributed by atoms with Gasteiger partial charge in [-0.15, -0.1) is 0 Å². The highest BCUT2D eigenvalue weighted by Gasteiger charge is 2.38. The van der Waals surface area contributed by atoms with Crippen LogP contribution < -0.4 is 16.0 Å². The summed E-state index contributed by atoms with van der Waals surface area (Å²) in [5.74, 6) is 0. The van der Waals surface area contributed by atoms with Crippen LogP contribution in [0, 0.1) is 0 Å². The fourth-order valence-corrected chi connectivity index (χ4v) is 5.35. The minimum Gasteiger partial charge on any atom is -0.374 e. The number of hydrogen-bond acceptors (Lipinski definition) is 2. The van der Waals surface area contributed by atoms with Gasteiger partial charge in [-0.1, -0.05) is 97.1 Å². The van der Waals surface area contributed by atoms with Crippen LogP contribution in [-0.2, 0) is 0 Å². The van der Waals surface area contributed by atoms with Gasteiger partial charge in [0.05, 0.1) is 16.7 Å². The number of aromatic nitrogens is 2. The van der Waals surface area contributed by atoms with Crippen LogP contribution in [0.3, 0.4) is 0 Å². The molecule has 3 nitrogen and oxygen atoms in total. The van der Waals surface area contributed by atoms with E-state index >= 15 is 0 Å². The lowest BCUT2D eigenvalue weighted by atomic mass is 9.52. The summed E-state index contributed by atoms with van der Waals surface area (Å²) in [6, 6.07) is 47.2. The van der Waals surface area contributed by atoms with Crippen molar-refractivity contribution in [1.29, 1.82) is 0 Å². The third-order valence-corrected chi connectivity index (χ3v) is 6.84. The molecule has 0 aliphatic carbocycles. The summed E-state index contributed by atoms with van der Waals surface area (Å²) in [6.07, 6.45) is 0. The van der Waals surface area contributed by atoms with Crippen LogP contribution in [0.2, 0.25) is 0 Å². The quantitative estimate of drug-likeness (QED) is 0.306. The van der Waals surface area contributed by atoms with E-state index in [1.54, 1.807) is 0 Å². The first-order chi connectivity index (χ1) is 17.4.